The summed E-state index contributed by atoms with van der Waals surface area (Å²) in [5.41, 5.74) is 5.80. The monoisotopic (exact) mass is 239 g/mol. The maximum Gasteiger partial charge on any atom is 0.337 e. The average Bonchev–Trinajstić information content (AvgIpc) is 2.16. The molecule has 5 nitrogen and oxygen atoms in total. The van der Waals surface area contributed by atoms with E-state index in [1.807, 2.05) is 13.8 Å². The smallest absolute Gasteiger partial charge is 0.337 e. The third kappa shape index (κ3) is 6.94. The van der Waals surface area contributed by atoms with E-state index in [2.05, 4.69) is 0 Å². The van der Waals surface area contributed by atoms with Gasteiger partial charge in [0.15, 0.2) is 0 Å². The second-order valence-electron chi connectivity index (χ2n) is 3.88. The van der Waals surface area contributed by atoms with E-state index in [1.54, 1.807) is 18.2 Å². The molecule has 0 aliphatic rings. The van der Waals surface area contributed by atoms with Crippen molar-refractivity contribution in [2.45, 2.75) is 20.3 Å². The lowest BCUT2D eigenvalue weighted by molar-refractivity contribution is -0.137. The highest BCUT2D eigenvalue weighted by Gasteiger charge is 2.03. The van der Waals surface area contributed by atoms with Crippen LogP contribution in [0, 0.1) is 5.92 Å². The molecule has 0 fully saturated rings. The Morgan fingerprint density at radius 2 is 1.76 bits per heavy atom. The third-order valence-corrected chi connectivity index (χ3v) is 1.77. The predicted molar refractivity (Wildman–Crippen MR) is 64.9 cm³/mol. The normalized spacial score (nSPS) is 9.35. The molecule has 1 aromatic rings. The maximum absolute atomic E-state index is 10.3. The number of anilines is 1. The standard InChI is InChI=1S/C7H7NO2.C5H10O2/c8-6-4-2-1-3-5(6)7(9)10;1-4(2)3-5(6)7/h1-4H,8H2,(H,9,10);4H,3H2,1-2H3,(H,6,7). The van der Waals surface area contributed by atoms with Crippen molar-refractivity contribution in [1.29, 1.82) is 0 Å². The van der Waals surface area contributed by atoms with Crippen molar-refractivity contribution in [2.75, 3.05) is 5.73 Å². The molecule has 0 spiro atoms. The van der Waals surface area contributed by atoms with Crippen LogP contribution in [0.2, 0.25) is 0 Å². The highest BCUT2D eigenvalue weighted by atomic mass is 16.4. The molecule has 0 aliphatic heterocycles. The SMILES string of the molecule is CC(C)CC(=O)O.Nc1ccccc1C(=O)O. The minimum Gasteiger partial charge on any atom is -0.481 e. The van der Waals surface area contributed by atoms with Gasteiger partial charge in [0.2, 0.25) is 0 Å². The lowest BCUT2D eigenvalue weighted by Crippen LogP contribution is -2.00. The van der Waals surface area contributed by atoms with Crippen LogP contribution in [0.25, 0.3) is 0 Å². The second-order valence-corrected chi connectivity index (χ2v) is 3.88. The third-order valence-electron chi connectivity index (χ3n) is 1.77. The van der Waals surface area contributed by atoms with Crippen LogP contribution < -0.4 is 5.73 Å². The fraction of sp³-hybridized carbons (Fsp3) is 0.333. The van der Waals surface area contributed by atoms with Crippen LogP contribution in [0.3, 0.4) is 0 Å². The van der Waals surface area contributed by atoms with Gasteiger partial charge >= 0.3 is 11.9 Å². The molecule has 0 amide bonds. The van der Waals surface area contributed by atoms with Crippen LogP contribution in [-0.4, -0.2) is 22.2 Å². The van der Waals surface area contributed by atoms with Gasteiger partial charge in [-0.2, -0.15) is 0 Å². The largest absolute Gasteiger partial charge is 0.481 e. The van der Waals surface area contributed by atoms with Gasteiger partial charge in [0.1, 0.15) is 0 Å². The molecular formula is C12H17NO4. The first-order chi connectivity index (χ1) is 7.84. The summed E-state index contributed by atoms with van der Waals surface area (Å²) in [5, 5.41) is 16.6. The number of carboxylic acid groups (broad SMARTS) is 2. The molecule has 0 atom stereocenters. The molecule has 0 radical (unpaired) electrons. The van der Waals surface area contributed by atoms with E-state index in [-0.39, 0.29) is 17.9 Å². The van der Waals surface area contributed by atoms with Gasteiger partial charge in [-0.15, -0.1) is 0 Å². The second kappa shape index (κ2) is 7.27. The number of nitrogens with two attached hydrogens (primary N) is 1. The highest BCUT2D eigenvalue weighted by molar-refractivity contribution is 5.93. The van der Waals surface area contributed by atoms with E-state index in [0.29, 0.717) is 5.69 Å². The molecule has 0 aromatic heterocycles. The maximum atomic E-state index is 10.3. The fourth-order valence-corrected chi connectivity index (χ4v) is 1.04. The summed E-state index contributed by atoms with van der Waals surface area (Å²) in [6.45, 7) is 3.77. The van der Waals surface area contributed by atoms with E-state index in [0.717, 1.165) is 0 Å². The number of nitrogen functional groups attached to an aromatic ring is 1. The van der Waals surface area contributed by atoms with E-state index >= 15 is 0 Å². The minimum absolute atomic E-state index is 0.155. The molecule has 1 rings (SSSR count). The quantitative estimate of drug-likeness (QED) is 0.701. The predicted octanol–water partition coefficient (Wildman–Crippen LogP) is 2.08. The van der Waals surface area contributed by atoms with Crippen molar-refractivity contribution in [1.82, 2.24) is 0 Å². The summed E-state index contributed by atoms with van der Waals surface area (Å²) in [5.74, 6) is -1.43. The summed E-state index contributed by atoms with van der Waals surface area (Å²) in [6.07, 6.45) is 0.278. The van der Waals surface area contributed by atoms with Crippen molar-refractivity contribution >= 4 is 17.6 Å². The topological polar surface area (TPSA) is 101 Å². The van der Waals surface area contributed by atoms with Gasteiger partial charge in [0, 0.05) is 12.1 Å². The number of hydrogen-bond donors (Lipinski definition) is 3. The Kier molecular flexibility index (Phi) is 6.40. The van der Waals surface area contributed by atoms with Crippen LogP contribution in [0.15, 0.2) is 24.3 Å². The zero-order chi connectivity index (χ0) is 13.4. The molecule has 1 aromatic carbocycles. The molecule has 0 bridgehead atoms. The Hall–Kier alpha value is -2.04. The Labute approximate surface area is 99.9 Å². The minimum atomic E-state index is -0.988. The molecule has 0 unspecified atom stereocenters. The van der Waals surface area contributed by atoms with Crippen molar-refractivity contribution in [3.63, 3.8) is 0 Å². The molecule has 4 N–H and O–H groups in total. The van der Waals surface area contributed by atoms with Crippen LogP contribution in [0.1, 0.15) is 30.6 Å². The number of carboxylic acids is 2. The first-order valence-electron chi connectivity index (χ1n) is 5.14. The molecule has 5 heteroatoms. The van der Waals surface area contributed by atoms with Gasteiger partial charge in [0.25, 0.3) is 0 Å². The molecular weight excluding hydrogens is 222 g/mol. The van der Waals surface area contributed by atoms with Crippen LogP contribution in [-0.2, 0) is 4.79 Å². The van der Waals surface area contributed by atoms with E-state index < -0.39 is 11.9 Å². The molecule has 0 heterocycles. The van der Waals surface area contributed by atoms with Gasteiger partial charge in [-0.1, -0.05) is 26.0 Å². The van der Waals surface area contributed by atoms with Crippen molar-refractivity contribution in [3.05, 3.63) is 29.8 Å². The van der Waals surface area contributed by atoms with Gasteiger partial charge in [-0.05, 0) is 18.1 Å². The Balaban J connectivity index is 0.000000325. The molecule has 0 saturated heterocycles. The number of benzene rings is 1. The number of carbonyl (C=O) groups is 2. The number of aliphatic carboxylic acids is 1. The summed E-state index contributed by atoms with van der Waals surface area (Å²) >= 11 is 0. The van der Waals surface area contributed by atoms with Gasteiger partial charge in [-0.25, -0.2) is 4.79 Å². The van der Waals surface area contributed by atoms with E-state index in [9.17, 15) is 9.59 Å². The van der Waals surface area contributed by atoms with Gasteiger partial charge < -0.3 is 15.9 Å². The molecule has 94 valence electrons. The average molecular weight is 239 g/mol. The van der Waals surface area contributed by atoms with Gasteiger partial charge in [0.05, 0.1) is 5.56 Å². The van der Waals surface area contributed by atoms with E-state index in [4.69, 9.17) is 15.9 Å². The van der Waals surface area contributed by atoms with Crippen molar-refractivity contribution in [2.24, 2.45) is 5.92 Å². The Morgan fingerprint density at radius 3 is 2.00 bits per heavy atom. The summed E-state index contributed by atoms with van der Waals surface area (Å²) in [4.78, 5) is 20.2. The number of rotatable bonds is 3. The van der Waals surface area contributed by atoms with Gasteiger partial charge in [-0.3, -0.25) is 4.79 Å². The Morgan fingerprint density at radius 1 is 1.24 bits per heavy atom. The number of para-hydroxylation sites is 1. The number of aromatic carboxylic acids is 1. The first kappa shape index (κ1) is 15.0. The van der Waals surface area contributed by atoms with E-state index in [1.165, 1.54) is 6.07 Å². The fourth-order valence-electron chi connectivity index (χ4n) is 1.04. The highest BCUT2D eigenvalue weighted by Crippen LogP contribution is 2.09. The van der Waals surface area contributed by atoms with Crippen LogP contribution >= 0.6 is 0 Å². The van der Waals surface area contributed by atoms with Crippen molar-refractivity contribution in [3.8, 4) is 0 Å². The van der Waals surface area contributed by atoms with Crippen LogP contribution in [0.5, 0.6) is 0 Å². The van der Waals surface area contributed by atoms with Crippen molar-refractivity contribution < 1.29 is 19.8 Å². The molecule has 0 saturated carbocycles. The summed E-state index contributed by atoms with van der Waals surface area (Å²) < 4.78 is 0. The van der Waals surface area contributed by atoms with Crippen LogP contribution in [0.4, 0.5) is 5.69 Å². The number of hydrogen-bond acceptors (Lipinski definition) is 3. The Bertz CT molecular complexity index is 388. The molecule has 0 aliphatic carbocycles. The summed E-state index contributed by atoms with van der Waals surface area (Å²) in [6, 6.07) is 6.36. The summed E-state index contributed by atoms with van der Waals surface area (Å²) in [7, 11) is 0. The lowest BCUT2D eigenvalue weighted by Gasteiger charge is -1.96. The zero-order valence-electron chi connectivity index (χ0n) is 9.88. The molecule has 17 heavy (non-hydrogen) atoms. The zero-order valence-corrected chi connectivity index (χ0v) is 9.88. The first-order valence-corrected chi connectivity index (χ1v) is 5.14. The lowest BCUT2D eigenvalue weighted by atomic mass is 10.1.